The molecule has 84 valence electrons. The zero-order valence-corrected chi connectivity index (χ0v) is 6.82. The van der Waals surface area contributed by atoms with E-state index < -0.39 is 29.4 Å². The van der Waals surface area contributed by atoms with Crippen molar-refractivity contribution in [1.82, 2.24) is 4.98 Å². The molecule has 0 atom stereocenters. The number of aromatic hydroxyl groups is 1. The normalized spacial score (nSPS) is 12.9. The first-order valence-corrected chi connectivity index (χ1v) is 3.46. The molecule has 0 saturated carbocycles. The van der Waals surface area contributed by atoms with Crippen LogP contribution in [0.5, 0.6) is 5.75 Å². The summed E-state index contributed by atoms with van der Waals surface area (Å²) in [4.78, 5) is 2.65. The third kappa shape index (κ3) is 2.31. The fraction of sp³-hybridized carbons (Fsp3) is 0.286. The molecule has 1 rings (SSSR count). The van der Waals surface area contributed by atoms with E-state index in [1.165, 1.54) is 0 Å². The van der Waals surface area contributed by atoms with Gasteiger partial charge in [0.2, 0.25) is 0 Å². The number of hydrogen-bond donors (Lipinski definition) is 1. The van der Waals surface area contributed by atoms with Crippen LogP contribution in [0.15, 0.2) is 12.3 Å². The number of halogens is 6. The molecular formula is C7H3F6NO. The van der Waals surface area contributed by atoms with Crippen molar-refractivity contribution in [3.8, 4) is 5.75 Å². The predicted octanol–water partition coefficient (Wildman–Crippen LogP) is 2.82. The van der Waals surface area contributed by atoms with Gasteiger partial charge in [-0.2, -0.15) is 26.3 Å². The molecular weight excluding hydrogens is 228 g/mol. The van der Waals surface area contributed by atoms with Crippen LogP contribution < -0.4 is 0 Å². The van der Waals surface area contributed by atoms with Gasteiger partial charge in [0.05, 0.1) is 0 Å². The van der Waals surface area contributed by atoms with Gasteiger partial charge in [0.25, 0.3) is 0 Å². The van der Waals surface area contributed by atoms with E-state index in [0.29, 0.717) is 6.20 Å². The summed E-state index contributed by atoms with van der Waals surface area (Å²) in [5, 5.41) is 8.76. The zero-order chi connectivity index (χ0) is 11.9. The first kappa shape index (κ1) is 11.6. The monoisotopic (exact) mass is 231 g/mol. The average Bonchev–Trinajstić information content (AvgIpc) is 1.99. The van der Waals surface area contributed by atoms with Crippen molar-refractivity contribution in [2.24, 2.45) is 0 Å². The smallest absolute Gasteiger partial charge is 0.437 e. The van der Waals surface area contributed by atoms with Gasteiger partial charge in [-0.3, -0.25) is 0 Å². The number of alkyl halides is 6. The molecule has 15 heavy (non-hydrogen) atoms. The highest BCUT2D eigenvalue weighted by atomic mass is 19.4. The Bertz CT molecular complexity index is 336. The van der Waals surface area contributed by atoms with E-state index >= 15 is 0 Å². The second-order valence-corrected chi connectivity index (χ2v) is 2.55. The Morgan fingerprint density at radius 2 is 1.53 bits per heavy atom. The van der Waals surface area contributed by atoms with Gasteiger partial charge in [0, 0.05) is 6.20 Å². The van der Waals surface area contributed by atoms with Gasteiger partial charge in [0.15, 0.2) is 11.4 Å². The van der Waals surface area contributed by atoms with Crippen molar-refractivity contribution in [1.29, 1.82) is 0 Å². The molecule has 0 bridgehead atoms. The third-order valence-corrected chi connectivity index (χ3v) is 1.50. The summed E-state index contributed by atoms with van der Waals surface area (Å²) in [6, 6.07) is 0.268. The second kappa shape index (κ2) is 3.28. The fourth-order valence-corrected chi connectivity index (χ4v) is 0.890. The summed E-state index contributed by atoms with van der Waals surface area (Å²) in [7, 11) is 0. The first-order valence-electron chi connectivity index (χ1n) is 3.46. The highest BCUT2D eigenvalue weighted by molar-refractivity contribution is 5.38. The number of nitrogens with zero attached hydrogens (tertiary/aromatic N) is 1. The van der Waals surface area contributed by atoms with Gasteiger partial charge in [-0.25, -0.2) is 4.98 Å². The molecule has 1 N–H and O–H groups in total. The highest BCUT2D eigenvalue weighted by Gasteiger charge is 2.42. The van der Waals surface area contributed by atoms with Gasteiger partial charge in [0.1, 0.15) is 5.56 Å². The summed E-state index contributed by atoms with van der Waals surface area (Å²) >= 11 is 0. The Morgan fingerprint density at radius 1 is 1.00 bits per heavy atom. The topological polar surface area (TPSA) is 33.1 Å². The van der Waals surface area contributed by atoms with E-state index in [4.69, 9.17) is 5.11 Å². The Balaban J connectivity index is 3.37. The Hall–Kier alpha value is -1.47. The lowest BCUT2D eigenvalue weighted by atomic mass is 10.2. The summed E-state index contributed by atoms with van der Waals surface area (Å²) < 4.78 is 72.3. The first-order chi connectivity index (χ1) is 6.64. The van der Waals surface area contributed by atoms with Crippen LogP contribution in [0.25, 0.3) is 0 Å². The summed E-state index contributed by atoms with van der Waals surface area (Å²) in [5.41, 5.74) is -3.71. The van der Waals surface area contributed by atoms with Crippen molar-refractivity contribution < 1.29 is 31.4 Å². The maximum absolute atomic E-state index is 12.1. The van der Waals surface area contributed by atoms with Gasteiger partial charge in [-0.15, -0.1) is 0 Å². The predicted molar refractivity (Wildman–Crippen MR) is 35.9 cm³/mol. The van der Waals surface area contributed by atoms with Crippen molar-refractivity contribution in [2.45, 2.75) is 12.4 Å². The van der Waals surface area contributed by atoms with Gasteiger partial charge in [-0.1, -0.05) is 0 Å². The molecule has 0 amide bonds. The van der Waals surface area contributed by atoms with Crippen molar-refractivity contribution in [3.63, 3.8) is 0 Å². The lowest BCUT2D eigenvalue weighted by Crippen LogP contribution is -2.13. The molecule has 0 aliphatic heterocycles. The summed E-state index contributed by atoms with van der Waals surface area (Å²) in [6.45, 7) is 0. The lowest BCUT2D eigenvalue weighted by molar-refractivity contribution is -0.147. The standard InChI is InChI=1S/C7H3F6NO/c8-6(9,10)3-1-2-14-5(4(3)15)7(11,12)13/h1-2,15H. The van der Waals surface area contributed by atoms with Crippen molar-refractivity contribution in [2.75, 3.05) is 0 Å². The second-order valence-electron chi connectivity index (χ2n) is 2.55. The van der Waals surface area contributed by atoms with Crippen LogP contribution in [0.3, 0.4) is 0 Å². The van der Waals surface area contributed by atoms with Crippen molar-refractivity contribution >= 4 is 0 Å². The van der Waals surface area contributed by atoms with Crippen LogP contribution in [-0.4, -0.2) is 10.1 Å². The SMILES string of the molecule is Oc1c(C(F)(F)F)ccnc1C(F)(F)F. The highest BCUT2D eigenvalue weighted by Crippen LogP contribution is 2.41. The number of aromatic nitrogens is 1. The van der Waals surface area contributed by atoms with E-state index in [2.05, 4.69) is 4.98 Å². The fourth-order valence-electron chi connectivity index (χ4n) is 0.890. The summed E-state index contributed by atoms with van der Waals surface area (Å²) in [6.07, 6.45) is -9.83. The Morgan fingerprint density at radius 3 is 1.93 bits per heavy atom. The number of pyridine rings is 1. The van der Waals surface area contributed by atoms with Crippen LogP contribution in [0.4, 0.5) is 26.3 Å². The molecule has 0 aliphatic rings. The molecule has 1 aromatic heterocycles. The largest absolute Gasteiger partial charge is 0.505 e. The molecule has 0 spiro atoms. The molecule has 0 aliphatic carbocycles. The lowest BCUT2D eigenvalue weighted by Gasteiger charge is -2.12. The van der Waals surface area contributed by atoms with E-state index in [0.717, 1.165) is 0 Å². The van der Waals surface area contributed by atoms with E-state index in [1.807, 2.05) is 0 Å². The van der Waals surface area contributed by atoms with Crippen LogP contribution in [0, 0.1) is 0 Å². The molecule has 2 nitrogen and oxygen atoms in total. The molecule has 1 heterocycles. The average molecular weight is 231 g/mol. The quantitative estimate of drug-likeness (QED) is 0.696. The molecule has 0 radical (unpaired) electrons. The minimum absolute atomic E-state index is 0.268. The summed E-state index contributed by atoms with van der Waals surface area (Å²) in [5.74, 6) is -1.91. The molecule has 0 saturated heterocycles. The van der Waals surface area contributed by atoms with Crippen LogP contribution in [-0.2, 0) is 12.4 Å². The molecule has 0 unspecified atom stereocenters. The van der Waals surface area contributed by atoms with Gasteiger partial charge in [-0.05, 0) is 6.07 Å². The van der Waals surface area contributed by atoms with Crippen LogP contribution in [0.1, 0.15) is 11.3 Å². The minimum atomic E-state index is -5.12. The minimum Gasteiger partial charge on any atom is -0.505 e. The van der Waals surface area contributed by atoms with E-state index in [9.17, 15) is 26.3 Å². The van der Waals surface area contributed by atoms with E-state index in [-0.39, 0.29) is 6.07 Å². The molecule has 0 aromatic carbocycles. The Labute approximate surface area is 79.2 Å². The van der Waals surface area contributed by atoms with E-state index in [1.54, 1.807) is 0 Å². The molecule has 8 heteroatoms. The molecule has 0 fully saturated rings. The zero-order valence-electron chi connectivity index (χ0n) is 6.82. The van der Waals surface area contributed by atoms with Crippen molar-refractivity contribution in [3.05, 3.63) is 23.5 Å². The van der Waals surface area contributed by atoms with Gasteiger partial charge >= 0.3 is 12.4 Å². The maximum Gasteiger partial charge on any atom is 0.437 e. The number of rotatable bonds is 0. The number of hydrogen-bond acceptors (Lipinski definition) is 2. The molecule has 1 aromatic rings. The van der Waals surface area contributed by atoms with Crippen LogP contribution >= 0.6 is 0 Å². The van der Waals surface area contributed by atoms with Gasteiger partial charge < -0.3 is 5.11 Å². The Kier molecular flexibility index (Phi) is 2.54. The maximum atomic E-state index is 12.1. The third-order valence-electron chi connectivity index (χ3n) is 1.50. The van der Waals surface area contributed by atoms with Crippen LogP contribution in [0.2, 0.25) is 0 Å².